The van der Waals surface area contributed by atoms with Gasteiger partial charge in [0.25, 0.3) is 0 Å². The van der Waals surface area contributed by atoms with E-state index >= 15 is 0 Å². The van der Waals surface area contributed by atoms with E-state index in [4.69, 9.17) is 40.5 Å². The van der Waals surface area contributed by atoms with E-state index in [9.17, 15) is 9.59 Å². The highest BCUT2D eigenvalue weighted by molar-refractivity contribution is 6.32. The molecule has 4 aromatic rings. The van der Waals surface area contributed by atoms with Crippen molar-refractivity contribution in [3.8, 4) is 17.2 Å². The van der Waals surface area contributed by atoms with Gasteiger partial charge >= 0.3 is 0 Å². The third-order valence-electron chi connectivity index (χ3n) is 8.08. The van der Waals surface area contributed by atoms with Gasteiger partial charge in [-0.3, -0.25) is 19.3 Å². The fourth-order valence-corrected chi connectivity index (χ4v) is 6.11. The highest BCUT2D eigenvalue weighted by atomic mass is 35.5. The van der Waals surface area contributed by atoms with E-state index in [2.05, 4.69) is 21.3 Å². The highest BCUT2D eigenvalue weighted by Gasteiger charge is 2.32. The van der Waals surface area contributed by atoms with Crippen LogP contribution in [0.3, 0.4) is 0 Å². The minimum atomic E-state index is -0.265. The quantitative estimate of drug-likeness (QED) is 0.125. The monoisotopic (exact) mass is 704 g/mol. The maximum absolute atomic E-state index is 13.0. The molecule has 3 aromatic carbocycles. The largest absolute Gasteiger partial charge is 0.493 e. The number of ether oxygens (including phenoxy) is 3. The Balaban J connectivity index is 1.30. The van der Waals surface area contributed by atoms with Crippen molar-refractivity contribution in [3.63, 3.8) is 0 Å². The van der Waals surface area contributed by atoms with Crippen LogP contribution in [0.4, 0.5) is 17.5 Å². The first-order valence-corrected chi connectivity index (χ1v) is 16.5. The number of piperidine rings is 1. The number of benzene rings is 3. The molecule has 1 aliphatic rings. The van der Waals surface area contributed by atoms with E-state index in [1.807, 2.05) is 65.6 Å². The molecule has 0 aliphatic carbocycles. The number of hydrogen-bond acceptors (Lipinski definition) is 11. The van der Waals surface area contributed by atoms with Crippen LogP contribution in [0, 0.1) is 11.8 Å². The molecule has 1 fully saturated rings. The summed E-state index contributed by atoms with van der Waals surface area (Å²) in [6.07, 6.45) is 2.47. The minimum Gasteiger partial charge on any atom is -0.493 e. The minimum absolute atomic E-state index is 0.138. The first kappa shape index (κ1) is 36.2. The van der Waals surface area contributed by atoms with E-state index in [1.54, 1.807) is 19.2 Å². The topological polar surface area (TPSA) is 145 Å². The number of methoxy groups -OCH3 is 3. The summed E-state index contributed by atoms with van der Waals surface area (Å²) < 4.78 is 16.5. The van der Waals surface area contributed by atoms with Gasteiger partial charge in [-0.25, -0.2) is 15.9 Å². The van der Waals surface area contributed by atoms with Crippen LogP contribution in [0.1, 0.15) is 30.4 Å². The van der Waals surface area contributed by atoms with E-state index in [0.717, 1.165) is 11.1 Å². The Kier molecular flexibility index (Phi) is 13.1. The van der Waals surface area contributed by atoms with Crippen molar-refractivity contribution in [2.45, 2.75) is 32.5 Å². The number of amides is 2. The lowest BCUT2D eigenvalue weighted by Gasteiger charge is -2.38. The van der Waals surface area contributed by atoms with Crippen LogP contribution in [0.5, 0.6) is 17.2 Å². The van der Waals surface area contributed by atoms with Crippen molar-refractivity contribution >= 4 is 40.9 Å². The maximum Gasteiger partial charge on any atom is 0.243 e. The van der Waals surface area contributed by atoms with E-state index < -0.39 is 0 Å². The molecule has 0 saturated carbocycles. The zero-order chi connectivity index (χ0) is 35.3. The molecule has 1 aliphatic heterocycles. The number of anilines is 3. The van der Waals surface area contributed by atoms with Gasteiger partial charge in [0.15, 0.2) is 17.3 Å². The molecule has 0 spiro atoms. The van der Waals surface area contributed by atoms with Crippen molar-refractivity contribution in [2.75, 3.05) is 44.6 Å². The number of carbonyl (C=O) groups excluding carboxylic acids is 2. The van der Waals surface area contributed by atoms with Crippen LogP contribution in [-0.2, 0) is 32.5 Å². The van der Waals surface area contributed by atoms with Gasteiger partial charge in [-0.1, -0.05) is 72.3 Å². The lowest BCUT2D eigenvalue weighted by molar-refractivity contribution is -0.136. The van der Waals surface area contributed by atoms with E-state index in [0.29, 0.717) is 53.3 Å². The van der Waals surface area contributed by atoms with Crippen molar-refractivity contribution in [3.05, 3.63) is 95.1 Å². The Morgan fingerprint density at radius 3 is 1.86 bits per heavy atom. The zero-order valence-corrected chi connectivity index (χ0v) is 28.9. The first-order chi connectivity index (χ1) is 24.4. The van der Waals surface area contributed by atoms with Crippen molar-refractivity contribution in [2.24, 2.45) is 11.8 Å². The molecule has 0 radical (unpaired) electrons. The van der Waals surface area contributed by atoms with Gasteiger partial charge in [0.05, 0.1) is 46.4 Å². The molecule has 0 unspecified atom stereocenters. The molecule has 2 amide bonds. The summed E-state index contributed by atoms with van der Waals surface area (Å²) in [4.78, 5) is 48.0. The molecule has 2 atom stereocenters. The average Bonchev–Trinajstić information content (AvgIpc) is 3.12. The molecule has 13 nitrogen and oxygen atoms in total. The number of halogens is 1. The molecule has 1 aromatic heterocycles. The lowest BCUT2D eigenvalue weighted by Crippen LogP contribution is -2.44. The third kappa shape index (κ3) is 9.97. The molecular weight excluding hydrogens is 664 g/mol. The Labute approximate surface area is 296 Å². The van der Waals surface area contributed by atoms with E-state index in [1.165, 1.54) is 20.4 Å². The second kappa shape index (κ2) is 18.0. The summed E-state index contributed by atoms with van der Waals surface area (Å²) in [5.41, 5.74) is 7.54. The Bertz CT molecular complexity index is 1650. The number of nitrogens with zero attached hydrogens (tertiary/aromatic N) is 3. The summed E-state index contributed by atoms with van der Waals surface area (Å²) >= 11 is 6.68. The fraction of sp³-hybridized carbons (Fsp3) is 0.333. The summed E-state index contributed by atoms with van der Waals surface area (Å²) in [6.45, 7) is 1.41. The molecule has 0 bridgehead atoms. The molecule has 50 heavy (non-hydrogen) atoms. The molecule has 3 N–H and O–H groups in total. The molecule has 2 heterocycles. The summed E-state index contributed by atoms with van der Waals surface area (Å²) in [5.74, 6) is 1.23. The number of aromatic nitrogens is 2. The van der Waals surface area contributed by atoms with Crippen LogP contribution >= 0.6 is 11.6 Å². The van der Waals surface area contributed by atoms with Gasteiger partial charge < -0.3 is 24.4 Å². The molecular formula is C36H41ClN6O7. The molecule has 14 heteroatoms. The predicted octanol–water partition coefficient (Wildman–Crippen LogP) is 5.62. The Morgan fingerprint density at radius 2 is 1.34 bits per heavy atom. The Morgan fingerprint density at radius 1 is 0.780 bits per heavy atom. The molecule has 5 rings (SSSR count). The van der Waals surface area contributed by atoms with Crippen LogP contribution in [-0.4, -0.2) is 56.2 Å². The zero-order valence-electron chi connectivity index (χ0n) is 28.2. The number of nitrogens with one attached hydrogen (secondary N) is 3. The smallest absolute Gasteiger partial charge is 0.243 e. The summed E-state index contributed by atoms with van der Waals surface area (Å²) in [6, 6.07) is 22.6. The number of hydrogen-bond donors (Lipinski definition) is 3. The van der Waals surface area contributed by atoms with Gasteiger partial charge in [-0.15, -0.1) is 0 Å². The van der Waals surface area contributed by atoms with Crippen LogP contribution < -0.4 is 35.4 Å². The SMILES string of the molecule is COc1ccc(Nc2ncc(Cl)c(N3C[C@H](CC(=O)NOCc4ccccc4)C[C@H](CC(=O)NOCc4ccccc4)C3)n2)c(OC)c1OC. The van der Waals surface area contributed by atoms with Crippen LogP contribution in [0.15, 0.2) is 79.0 Å². The highest BCUT2D eigenvalue weighted by Crippen LogP contribution is 2.43. The normalized spacial score (nSPS) is 15.6. The number of hydroxylamine groups is 2. The van der Waals surface area contributed by atoms with Gasteiger partial charge in [0.2, 0.25) is 23.5 Å². The van der Waals surface area contributed by atoms with Crippen LogP contribution in [0.25, 0.3) is 0 Å². The summed E-state index contributed by atoms with van der Waals surface area (Å²) in [7, 11) is 4.59. The van der Waals surface area contributed by atoms with Crippen molar-refractivity contribution < 1.29 is 33.5 Å². The van der Waals surface area contributed by atoms with Gasteiger partial charge in [0.1, 0.15) is 5.02 Å². The van der Waals surface area contributed by atoms with Crippen LogP contribution in [0.2, 0.25) is 5.02 Å². The second-order valence-electron chi connectivity index (χ2n) is 11.8. The molecule has 1 saturated heterocycles. The van der Waals surface area contributed by atoms with Gasteiger partial charge in [-0.05, 0) is 41.5 Å². The van der Waals surface area contributed by atoms with Gasteiger partial charge in [-0.2, -0.15) is 4.98 Å². The standard InChI is InChI=1S/C36H41ClN6O7/c1-46-30-15-14-29(33(47-2)34(30)48-3)39-36-38-19-28(37)35(40-36)43-20-26(17-31(44)41-49-22-24-10-6-4-7-11-24)16-27(21-43)18-32(45)42-50-23-25-12-8-5-9-13-25/h4-15,19,26-27H,16-18,20-23H2,1-3H3,(H,41,44)(H,42,45)(H,38,39,40)/t26-,27+. The first-order valence-electron chi connectivity index (χ1n) is 16.1. The Hall–Kier alpha value is -5.11. The van der Waals surface area contributed by atoms with Gasteiger partial charge in [0, 0.05) is 25.9 Å². The van der Waals surface area contributed by atoms with E-state index in [-0.39, 0.29) is 55.7 Å². The third-order valence-corrected chi connectivity index (χ3v) is 8.35. The van der Waals surface area contributed by atoms with Crippen molar-refractivity contribution in [1.29, 1.82) is 0 Å². The number of rotatable bonds is 16. The van der Waals surface area contributed by atoms with Crippen molar-refractivity contribution in [1.82, 2.24) is 20.9 Å². The molecule has 264 valence electrons. The summed E-state index contributed by atoms with van der Waals surface area (Å²) in [5, 5.41) is 3.51. The second-order valence-corrected chi connectivity index (χ2v) is 12.2. The maximum atomic E-state index is 13.0. The number of carbonyl (C=O) groups is 2. The predicted molar refractivity (Wildman–Crippen MR) is 188 cm³/mol. The lowest BCUT2D eigenvalue weighted by atomic mass is 9.85. The fourth-order valence-electron chi connectivity index (χ4n) is 5.90. The average molecular weight is 705 g/mol.